The molecule has 0 aromatic heterocycles. The number of hydrogen-bond acceptors (Lipinski definition) is 4. The first-order valence-electron chi connectivity index (χ1n) is 7.77. The standard InChI is InChI=1S/C19H25NO3/c1-13(2)23-19-12-16(6-7-18(19)22-5)8-9-20-14(3)10-17(21)11-15(20)4/h6-13,17,21H,1-5H3/b9-8+. The maximum Gasteiger partial charge on any atom is 0.162 e. The number of methoxy groups -OCH3 is 1. The molecular weight excluding hydrogens is 290 g/mol. The van der Waals surface area contributed by atoms with Crippen molar-refractivity contribution in [3.63, 3.8) is 0 Å². The van der Waals surface area contributed by atoms with Gasteiger partial charge in [-0.15, -0.1) is 0 Å². The van der Waals surface area contributed by atoms with Gasteiger partial charge in [0.05, 0.1) is 19.3 Å². The van der Waals surface area contributed by atoms with Crippen LogP contribution in [0.25, 0.3) is 6.08 Å². The molecule has 2 rings (SSSR count). The summed E-state index contributed by atoms with van der Waals surface area (Å²) in [5, 5.41) is 9.70. The van der Waals surface area contributed by atoms with Crippen LogP contribution < -0.4 is 9.47 Å². The van der Waals surface area contributed by atoms with Crippen LogP contribution in [0.1, 0.15) is 33.3 Å². The number of aliphatic hydroxyl groups is 1. The number of ether oxygens (including phenoxy) is 2. The molecule has 0 spiro atoms. The summed E-state index contributed by atoms with van der Waals surface area (Å²) in [7, 11) is 1.64. The zero-order valence-corrected chi connectivity index (χ0v) is 14.4. The molecule has 0 amide bonds. The van der Waals surface area contributed by atoms with Crippen LogP contribution in [0.2, 0.25) is 0 Å². The van der Waals surface area contributed by atoms with E-state index in [1.54, 1.807) is 7.11 Å². The highest BCUT2D eigenvalue weighted by Crippen LogP contribution is 2.30. The van der Waals surface area contributed by atoms with Crippen molar-refractivity contribution in [2.45, 2.75) is 39.9 Å². The average Bonchev–Trinajstić information content (AvgIpc) is 2.45. The Bertz CT molecular complexity index is 624. The minimum absolute atomic E-state index is 0.0852. The van der Waals surface area contributed by atoms with E-state index in [4.69, 9.17) is 9.47 Å². The topological polar surface area (TPSA) is 41.9 Å². The summed E-state index contributed by atoms with van der Waals surface area (Å²) in [6, 6.07) is 5.86. The van der Waals surface area contributed by atoms with E-state index in [0.29, 0.717) is 0 Å². The summed E-state index contributed by atoms with van der Waals surface area (Å²) in [6.45, 7) is 7.93. The molecule has 1 aromatic rings. The van der Waals surface area contributed by atoms with Gasteiger partial charge in [0.2, 0.25) is 0 Å². The highest BCUT2D eigenvalue weighted by Gasteiger charge is 2.13. The number of rotatable bonds is 5. The summed E-state index contributed by atoms with van der Waals surface area (Å²) in [4.78, 5) is 2.04. The molecule has 0 fully saturated rings. The molecule has 1 aliphatic heterocycles. The Balaban J connectivity index is 2.23. The first-order chi connectivity index (χ1) is 10.9. The van der Waals surface area contributed by atoms with Crippen molar-refractivity contribution >= 4 is 6.08 Å². The smallest absolute Gasteiger partial charge is 0.162 e. The third-order valence-electron chi connectivity index (χ3n) is 3.55. The van der Waals surface area contributed by atoms with E-state index in [0.717, 1.165) is 28.5 Å². The molecule has 0 saturated carbocycles. The van der Waals surface area contributed by atoms with Crippen LogP contribution in [0.5, 0.6) is 11.5 Å². The molecule has 0 aliphatic carbocycles. The van der Waals surface area contributed by atoms with Gasteiger partial charge in [0.1, 0.15) is 0 Å². The van der Waals surface area contributed by atoms with Gasteiger partial charge in [-0.2, -0.15) is 0 Å². The minimum atomic E-state index is -0.508. The molecule has 4 heteroatoms. The average molecular weight is 315 g/mol. The summed E-state index contributed by atoms with van der Waals surface area (Å²) in [6.07, 6.45) is 7.22. The van der Waals surface area contributed by atoms with Crippen LogP contribution in [0, 0.1) is 0 Å². The van der Waals surface area contributed by atoms with Crippen LogP contribution in [-0.2, 0) is 0 Å². The molecule has 1 heterocycles. The number of hydrogen-bond donors (Lipinski definition) is 1. The lowest BCUT2D eigenvalue weighted by molar-refractivity contribution is 0.230. The van der Waals surface area contributed by atoms with Crippen LogP contribution in [0.15, 0.2) is 47.9 Å². The molecule has 0 saturated heterocycles. The summed E-state index contributed by atoms with van der Waals surface area (Å²) in [5.74, 6) is 1.46. The number of benzene rings is 1. The number of aliphatic hydroxyl groups excluding tert-OH is 1. The minimum Gasteiger partial charge on any atom is -0.493 e. The normalized spacial score (nSPS) is 15.9. The first kappa shape index (κ1) is 17.2. The zero-order valence-electron chi connectivity index (χ0n) is 14.4. The van der Waals surface area contributed by atoms with E-state index in [1.165, 1.54) is 0 Å². The van der Waals surface area contributed by atoms with Crippen molar-refractivity contribution in [1.82, 2.24) is 4.90 Å². The van der Waals surface area contributed by atoms with Crippen molar-refractivity contribution in [3.05, 3.63) is 53.5 Å². The molecule has 0 bridgehead atoms. The number of nitrogens with zero attached hydrogens (tertiary/aromatic N) is 1. The second-order valence-corrected chi connectivity index (χ2v) is 5.87. The lowest BCUT2D eigenvalue weighted by Gasteiger charge is -2.27. The van der Waals surface area contributed by atoms with E-state index < -0.39 is 6.10 Å². The van der Waals surface area contributed by atoms with E-state index in [-0.39, 0.29) is 6.10 Å². The van der Waals surface area contributed by atoms with Crippen LogP contribution in [0.4, 0.5) is 0 Å². The van der Waals surface area contributed by atoms with Gasteiger partial charge in [0, 0.05) is 17.6 Å². The molecular formula is C19H25NO3. The maximum absolute atomic E-state index is 9.70. The second kappa shape index (κ2) is 7.38. The van der Waals surface area contributed by atoms with E-state index in [2.05, 4.69) is 0 Å². The third-order valence-corrected chi connectivity index (χ3v) is 3.55. The lowest BCUT2D eigenvalue weighted by Crippen LogP contribution is -2.20. The number of allylic oxidation sites excluding steroid dienone is 2. The molecule has 1 aliphatic rings. The largest absolute Gasteiger partial charge is 0.493 e. The van der Waals surface area contributed by atoms with Crippen molar-refractivity contribution in [3.8, 4) is 11.5 Å². The van der Waals surface area contributed by atoms with E-state index in [9.17, 15) is 5.11 Å². The highest BCUT2D eigenvalue weighted by atomic mass is 16.5. The van der Waals surface area contributed by atoms with Crippen LogP contribution >= 0.6 is 0 Å². The van der Waals surface area contributed by atoms with Crippen molar-refractivity contribution in [2.75, 3.05) is 7.11 Å². The molecule has 1 N–H and O–H groups in total. The van der Waals surface area contributed by atoms with Crippen LogP contribution in [-0.4, -0.2) is 29.3 Å². The summed E-state index contributed by atoms with van der Waals surface area (Å²) >= 11 is 0. The van der Waals surface area contributed by atoms with Gasteiger partial charge in [-0.3, -0.25) is 0 Å². The molecule has 23 heavy (non-hydrogen) atoms. The molecule has 0 radical (unpaired) electrons. The third kappa shape index (κ3) is 4.39. The van der Waals surface area contributed by atoms with Gasteiger partial charge in [0.15, 0.2) is 11.5 Å². The van der Waals surface area contributed by atoms with Gasteiger partial charge in [-0.1, -0.05) is 6.07 Å². The summed E-state index contributed by atoms with van der Waals surface area (Å²) in [5.41, 5.74) is 3.02. The van der Waals surface area contributed by atoms with E-state index >= 15 is 0 Å². The van der Waals surface area contributed by atoms with Crippen LogP contribution in [0.3, 0.4) is 0 Å². The Hall–Kier alpha value is -2.20. The Morgan fingerprint density at radius 2 is 1.78 bits per heavy atom. The second-order valence-electron chi connectivity index (χ2n) is 5.87. The van der Waals surface area contributed by atoms with Gasteiger partial charge in [-0.25, -0.2) is 0 Å². The van der Waals surface area contributed by atoms with Crippen molar-refractivity contribution in [1.29, 1.82) is 0 Å². The predicted molar refractivity (Wildman–Crippen MR) is 93.2 cm³/mol. The Labute approximate surface area is 138 Å². The Morgan fingerprint density at radius 1 is 1.13 bits per heavy atom. The highest BCUT2D eigenvalue weighted by molar-refractivity contribution is 5.56. The fourth-order valence-corrected chi connectivity index (χ4v) is 2.52. The molecule has 0 atom stereocenters. The SMILES string of the molecule is COc1ccc(/C=C/N2C(C)=CC(O)C=C2C)cc1OC(C)C. The van der Waals surface area contributed by atoms with Gasteiger partial charge in [-0.05, 0) is 63.6 Å². The first-order valence-corrected chi connectivity index (χ1v) is 7.77. The fraction of sp³-hybridized carbons (Fsp3) is 0.368. The lowest BCUT2D eigenvalue weighted by atomic mass is 10.1. The van der Waals surface area contributed by atoms with Gasteiger partial charge >= 0.3 is 0 Å². The zero-order chi connectivity index (χ0) is 17.0. The monoisotopic (exact) mass is 315 g/mol. The van der Waals surface area contributed by atoms with Crippen molar-refractivity contribution in [2.24, 2.45) is 0 Å². The molecule has 1 aromatic carbocycles. The van der Waals surface area contributed by atoms with Crippen molar-refractivity contribution < 1.29 is 14.6 Å². The molecule has 0 unspecified atom stereocenters. The molecule has 4 nitrogen and oxygen atoms in total. The summed E-state index contributed by atoms with van der Waals surface area (Å²) < 4.78 is 11.1. The quantitative estimate of drug-likeness (QED) is 0.894. The fourth-order valence-electron chi connectivity index (χ4n) is 2.52. The maximum atomic E-state index is 9.70. The van der Waals surface area contributed by atoms with Gasteiger partial charge < -0.3 is 19.5 Å². The Kier molecular flexibility index (Phi) is 5.50. The predicted octanol–water partition coefficient (Wildman–Crippen LogP) is 3.94. The molecule has 124 valence electrons. The Morgan fingerprint density at radius 3 is 2.35 bits per heavy atom. The van der Waals surface area contributed by atoms with E-state index in [1.807, 2.05) is 75.2 Å². The van der Waals surface area contributed by atoms with Gasteiger partial charge in [0.25, 0.3) is 0 Å².